The van der Waals surface area contributed by atoms with Crippen molar-refractivity contribution in [1.82, 2.24) is 15.0 Å². The minimum atomic E-state index is 0.468. The van der Waals surface area contributed by atoms with Crippen molar-refractivity contribution in [3.63, 3.8) is 0 Å². The summed E-state index contributed by atoms with van der Waals surface area (Å²) in [5.41, 5.74) is 6.31. The molecule has 14 heavy (non-hydrogen) atoms. The molecule has 0 spiro atoms. The Labute approximate surface area is 86.2 Å². The Kier molecular flexibility index (Phi) is 2.69. The first kappa shape index (κ1) is 9.48. The van der Waals surface area contributed by atoms with E-state index in [1.54, 1.807) is 23.7 Å². The highest BCUT2D eigenvalue weighted by Gasteiger charge is 2.08. The Hall–Kier alpha value is -1.07. The number of fused-ring (bicyclic) bond motifs is 1. The normalized spacial score (nSPS) is 13.3. The summed E-state index contributed by atoms with van der Waals surface area (Å²) in [7, 11) is 0. The van der Waals surface area contributed by atoms with Crippen molar-refractivity contribution in [2.24, 2.45) is 11.7 Å². The van der Waals surface area contributed by atoms with Crippen molar-refractivity contribution in [3.05, 3.63) is 17.4 Å². The van der Waals surface area contributed by atoms with Gasteiger partial charge < -0.3 is 5.73 Å². The van der Waals surface area contributed by atoms with E-state index < -0.39 is 0 Å². The number of thiazole rings is 1. The summed E-state index contributed by atoms with van der Waals surface area (Å²) in [5.74, 6) is 0.468. The Bertz CT molecular complexity index is 392. The van der Waals surface area contributed by atoms with E-state index in [0.717, 1.165) is 21.9 Å². The van der Waals surface area contributed by atoms with Crippen molar-refractivity contribution >= 4 is 21.8 Å². The number of hydrogen-bond donors (Lipinski definition) is 1. The Morgan fingerprint density at radius 3 is 2.93 bits per heavy atom. The van der Waals surface area contributed by atoms with Gasteiger partial charge in [-0.15, -0.1) is 0 Å². The molecule has 2 heterocycles. The summed E-state index contributed by atoms with van der Waals surface area (Å²) in [6.07, 6.45) is 4.27. The predicted molar refractivity (Wildman–Crippen MR) is 57.1 cm³/mol. The highest BCUT2D eigenvalue weighted by atomic mass is 32.1. The lowest BCUT2D eigenvalue weighted by molar-refractivity contribution is 0.591. The highest BCUT2D eigenvalue weighted by molar-refractivity contribution is 7.18. The van der Waals surface area contributed by atoms with E-state index in [1.165, 1.54) is 0 Å². The van der Waals surface area contributed by atoms with Crippen LogP contribution >= 0.6 is 11.3 Å². The van der Waals surface area contributed by atoms with Crippen molar-refractivity contribution in [2.45, 2.75) is 13.3 Å². The van der Waals surface area contributed by atoms with E-state index in [0.29, 0.717) is 12.5 Å². The van der Waals surface area contributed by atoms with Gasteiger partial charge in [-0.2, -0.15) is 0 Å². The van der Waals surface area contributed by atoms with Crippen LogP contribution in [0.25, 0.3) is 10.5 Å². The van der Waals surface area contributed by atoms with Crippen LogP contribution in [-0.2, 0) is 6.42 Å². The van der Waals surface area contributed by atoms with Gasteiger partial charge in [0.2, 0.25) is 0 Å². The zero-order chi connectivity index (χ0) is 9.97. The van der Waals surface area contributed by atoms with E-state index >= 15 is 0 Å². The molecule has 5 heteroatoms. The topological polar surface area (TPSA) is 64.7 Å². The van der Waals surface area contributed by atoms with Gasteiger partial charge in [-0.25, -0.2) is 15.0 Å². The predicted octanol–water partition coefficient (Wildman–Crippen LogP) is 1.22. The lowest BCUT2D eigenvalue weighted by Crippen LogP contribution is -2.12. The molecule has 0 saturated heterocycles. The van der Waals surface area contributed by atoms with Crippen molar-refractivity contribution < 1.29 is 0 Å². The number of rotatable bonds is 3. The summed E-state index contributed by atoms with van der Waals surface area (Å²) < 4.78 is 0. The van der Waals surface area contributed by atoms with E-state index in [4.69, 9.17) is 5.73 Å². The number of nitrogens with two attached hydrogens (primary N) is 1. The minimum absolute atomic E-state index is 0.468. The molecular weight excluding hydrogens is 196 g/mol. The second-order valence-corrected chi connectivity index (χ2v) is 4.40. The van der Waals surface area contributed by atoms with Gasteiger partial charge in [0.25, 0.3) is 0 Å². The van der Waals surface area contributed by atoms with Gasteiger partial charge in [-0.3, -0.25) is 0 Å². The summed E-state index contributed by atoms with van der Waals surface area (Å²) in [4.78, 5) is 13.6. The maximum Gasteiger partial charge on any atom is 0.189 e. The molecule has 2 aromatic heterocycles. The number of nitrogens with zero attached hydrogens (tertiary/aromatic N) is 3. The van der Waals surface area contributed by atoms with Crippen LogP contribution in [0.5, 0.6) is 0 Å². The smallest absolute Gasteiger partial charge is 0.189 e. The second kappa shape index (κ2) is 3.98. The lowest BCUT2D eigenvalue weighted by Gasteiger charge is -2.03. The second-order valence-electron chi connectivity index (χ2n) is 3.34. The third kappa shape index (κ3) is 1.88. The summed E-state index contributed by atoms with van der Waals surface area (Å²) >= 11 is 1.60. The SMILES string of the molecule is CC(CN)Cc1nc2nccnc2s1. The zero-order valence-electron chi connectivity index (χ0n) is 7.97. The van der Waals surface area contributed by atoms with Crippen LogP contribution in [0.15, 0.2) is 12.4 Å². The monoisotopic (exact) mass is 208 g/mol. The summed E-state index contributed by atoms with van der Waals surface area (Å²) in [6.45, 7) is 2.81. The molecule has 0 aliphatic rings. The molecule has 74 valence electrons. The van der Waals surface area contributed by atoms with Crippen molar-refractivity contribution in [3.8, 4) is 0 Å². The quantitative estimate of drug-likeness (QED) is 0.823. The lowest BCUT2D eigenvalue weighted by atomic mass is 10.1. The van der Waals surface area contributed by atoms with Crippen LogP contribution in [0.2, 0.25) is 0 Å². The van der Waals surface area contributed by atoms with E-state index in [2.05, 4.69) is 21.9 Å². The van der Waals surface area contributed by atoms with Crippen LogP contribution in [0.4, 0.5) is 0 Å². The van der Waals surface area contributed by atoms with Crippen LogP contribution in [0.1, 0.15) is 11.9 Å². The van der Waals surface area contributed by atoms with Crippen molar-refractivity contribution in [2.75, 3.05) is 6.54 Å². The Morgan fingerprint density at radius 1 is 1.43 bits per heavy atom. The molecule has 0 aromatic carbocycles. The fourth-order valence-corrected chi connectivity index (χ4v) is 2.21. The molecule has 0 bridgehead atoms. The standard InChI is InChI=1S/C9H12N4S/c1-6(5-10)4-7-13-8-9(14-7)12-3-2-11-8/h2-3,6H,4-5,10H2,1H3. The maximum atomic E-state index is 5.56. The molecule has 0 amide bonds. The van der Waals surface area contributed by atoms with Gasteiger partial charge in [0.05, 0.1) is 5.01 Å². The van der Waals surface area contributed by atoms with Gasteiger partial charge in [-0.05, 0) is 12.5 Å². The average Bonchev–Trinajstić information content (AvgIpc) is 2.59. The highest BCUT2D eigenvalue weighted by Crippen LogP contribution is 2.19. The molecule has 0 aliphatic heterocycles. The van der Waals surface area contributed by atoms with Crippen LogP contribution < -0.4 is 5.73 Å². The Balaban J connectivity index is 2.27. The number of aromatic nitrogens is 3. The molecule has 4 nitrogen and oxygen atoms in total. The third-order valence-corrected chi connectivity index (χ3v) is 2.99. The summed E-state index contributed by atoms with van der Waals surface area (Å²) in [6, 6.07) is 0. The maximum absolute atomic E-state index is 5.56. The average molecular weight is 208 g/mol. The van der Waals surface area contributed by atoms with E-state index in [9.17, 15) is 0 Å². The van der Waals surface area contributed by atoms with E-state index in [-0.39, 0.29) is 0 Å². The molecule has 2 aromatic rings. The van der Waals surface area contributed by atoms with Gasteiger partial charge in [0.15, 0.2) is 10.5 Å². The van der Waals surface area contributed by atoms with Crippen LogP contribution in [0, 0.1) is 5.92 Å². The fraction of sp³-hybridized carbons (Fsp3) is 0.444. The zero-order valence-corrected chi connectivity index (χ0v) is 8.79. The minimum Gasteiger partial charge on any atom is -0.330 e. The molecule has 0 radical (unpaired) electrons. The van der Waals surface area contributed by atoms with Crippen LogP contribution in [-0.4, -0.2) is 21.5 Å². The van der Waals surface area contributed by atoms with Gasteiger partial charge in [0, 0.05) is 18.8 Å². The third-order valence-electron chi connectivity index (χ3n) is 2.02. The Morgan fingerprint density at radius 2 is 2.21 bits per heavy atom. The summed E-state index contributed by atoms with van der Waals surface area (Å²) in [5, 5.41) is 1.07. The molecule has 0 fully saturated rings. The largest absolute Gasteiger partial charge is 0.330 e. The first-order valence-electron chi connectivity index (χ1n) is 4.56. The molecule has 2 rings (SSSR count). The number of hydrogen-bond acceptors (Lipinski definition) is 5. The van der Waals surface area contributed by atoms with Crippen LogP contribution in [0.3, 0.4) is 0 Å². The fourth-order valence-electron chi connectivity index (χ4n) is 1.19. The molecule has 0 saturated carbocycles. The van der Waals surface area contributed by atoms with Gasteiger partial charge in [-0.1, -0.05) is 18.3 Å². The first-order chi connectivity index (χ1) is 6.79. The molecule has 2 N–H and O–H groups in total. The van der Waals surface area contributed by atoms with Gasteiger partial charge >= 0.3 is 0 Å². The first-order valence-corrected chi connectivity index (χ1v) is 5.37. The molecule has 0 aliphatic carbocycles. The van der Waals surface area contributed by atoms with E-state index in [1.807, 2.05) is 0 Å². The van der Waals surface area contributed by atoms with Gasteiger partial charge in [0.1, 0.15) is 0 Å². The van der Waals surface area contributed by atoms with Crippen molar-refractivity contribution in [1.29, 1.82) is 0 Å². The molecule has 1 atom stereocenters. The molecular formula is C9H12N4S. The molecule has 1 unspecified atom stereocenters.